The quantitative estimate of drug-likeness (QED) is 0.810. The number of halogens is 1. The highest BCUT2D eigenvalue weighted by atomic mass is 35.5. The van der Waals surface area contributed by atoms with Crippen LogP contribution in [0.15, 0.2) is 48.5 Å². The Kier molecular flexibility index (Phi) is 4.79. The van der Waals surface area contributed by atoms with E-state index in [2.05, 4.69) is 10.6 Å². The third kappa shape index (κ3) is 4.22. The molecule has 0 heterocycles. The van der Waals surface area contributed by atoms with Crippen molar-refractivity contribution >= 4 is 29.3 Å². The van der Waals surface area contributed by atoms with Gasteiger partial charge in [-0.1, -0.05) is 41.9 Å². The molecule has 0 fully saturated rings. The van der Waals surface area contributed by atoms with Gasteiger partial charge in [0.15, 0.2) is 0 Å². The van der Waals surface area contributed by atoms with E-state index >= 15 is 0 Å². The SMILES string of the molecule is O=C(NCc1ccccc1)Nc1ccc(C(=O)O)cc1Cl. The van der Waals surface area contributed by atoms with Crippen LogP contribution >= 0.6 is 11.6 Å². The van der Waals surface area contributed by atoms with Crippen molar-refractivity contribution in [3.63, 3.8) is 0 Å². The number of carboxylic acid groups (broad SMARTS) is 1. The molecule has 2 aromatic rings. The molecule has 3 N–H and O–H groups in total. The lowest BCUT2D eigenvalue weighted by Crippen LogP contribution is -2.28. The Bertz CT molecular complexity index is 659. The average molecular weight is 305 g/mol. The molecule has 2 aromatic carbocycles. The minimum Gasteiger partial charge on any atom is -0.478 e. The van der Waals surface area contributed by atoms with Crippen LogP contribution < -0.4 is 10.6 Å². The zero-order valence-corrected chi connectivity index (χ0v) is 11.7. The Hall–Kier alpha value is -2.53. The minimum absolute atomic E-state index is 0.0650. The van der Waals surface area contributed by atoms with Gasteiger partial charge in [-0.25, -0.2) is 9.59 Å². The number of carbonyl (C=O) groups is 2. The molecule has 2 amide bonds. The lowest BCUT2D eigenvalue weighted by atomic mass is 10.2. The Balaban J connectivity index is 1.95. The summed E-state index contributed by atoms with van der Waals surface area (Å²) in [6.45, 7) is 0.386. The van der Waals surface area contributed by atoms with E-state index in [1.807, 2.05) is 30.3 Å². The zero-order valence-electron chi connectivity index (χ0n) is 11.0. The summed E-state index contributed by atoms with van der Waals surface area (Å²) < 4.78 is 0. The van der Waals surface area contributed by atoms with Crippen molar-refractivity contribution in [3.8, 4) is 0 Å². The van der Waals surface area contributed by atoms with Crippen LogP contribution in [0.5, 0.6) is 0 Å². The summed E-state index contributed by atoms with van der Waals surface area (Å²) in [5.41, 5.74) is 1.39. The molecular formula is C15H13ClN2O3. The summed E-state index contributed by atoms with van der Waals surface area (Å²) in [5, 5.41) is 14.3. The first kappa shape index (κ1) is 14.9. The Morgan fingerprint density at radius 2 is 1.81 bits per heavy atom. The summed E-state index contributed by atoms with van der Waals surface area (Å²) in [6, 6.07) is 13.2. The van der Waals surface area contributed by atoms with Gasteiger partial charge in [0.2, 0.25) is 0 Å². The number of benzene rings is 2. The third-order valence-corrected chi connectivity index (χ3v) is 3.07. The van der Waals surface area contributed by atoms with E-state index < -0.39 is 12.0 Å². The number of aromatic carboxylic acids is 1. The fraction of sp³-hybridized carbons (Fsp3) is 0.0667. The van der Waals surface area contributed by atoms with Gasteiger partial charge in [0.1, 0.15) is 0 Å². The first-order valence-corrected chi connectivity index (χ1v) is 6.55. The van der Waals surface area contributed by atoms with E-state index in [0.717, 1.165) is 5.56 Å². The van der Waals surface area contributed by atoms with Gasteiger partial charge in [0.25, 0.3) is 0 Å². The highest BCUT2D eigenvalue weighted by molar-refractivity contribution is 6.34. The third-order valence-electron chi connectivity index (χ3n) is 2.76. The molecule has 0 aliphatic carbocycles. The van der Waals surface area contributed by atoms with Crippen LogP contribution in [0.2, 0.25) is 5.02 Å². The fourth-order valence-corrected chi connectivity index (χ4v) is 1.92. The number of anilines is 1. The number of carboxylic acids is 1. The smallest absolute Gasteiger partial charge is 0.335 e. The van der Waals surface area contributed by atoms with Gasteiger partial charge in [-0.15, -0.1) is 0 Å². The maximum Gasteiger partial charge on any atom is 0.335 e. The van der Waals surface area contributed by atoms with Gasteiger partial charge >= 0.3 is 12.0 Å². The fourth-order valence-electron chi connectivity index (χ4n) is 1.69. The van der Waals surface area contributed by atoms with Crippen molar-refractivity contribution in [2.75, 3.05) is 5.32 Å². The second-order valence-electron chi connectivity index (χ2n) is 4.29. The molecule has 6 heteroatoms. The molecule has 0 atom stereocenters. The van der Waals surface area contributed by atoms with Crippen LogP contribution in [0, 0.1) is 0 Å². The maximum atomic E-state index is 11.8. The molecule has 108 valence electrons. The number of amides is 2. The van der Waals surface area contributed by atoms with Gasteiger partial charge in [-0.05, 0) is 23.8 Å². The predicted molar refractivity (Wildman–Crippen MR) is 80.7 cm³/mol. The summed E-state index contributed by atoms with van der Waals surface area (Å²) in [5.74, 6) is -1.07. The van der Waals surface area contributed by atoms with Gasteiger partial charge in [0, 0.05) is 6.54 Å². The van der Waals surface area contributed by atoms with E-state index in [1.54, 1.807) is 0 Å². The van der Waals surface area contributed by atoms with E-state index in [4.69, 9.17) is 16.7 Å². The first-order valence-electron chi connectivity index (χ1n) is 6.18. The van der Waals surface area contributed by atoms with Crippen LogP contribution in [-0.4, -0.2) is 17.1 Å². The molecule has 0 aliphatic heterocycles. The van der Waals surface area contributed by atoms with Gasteiger partial charge in [-0.3, -0.25) is 0 Å². The molecule has 0 saturated carbocycles. The van der Waals surface area contributed by atoms with E-state index in [0.29, 0.717) is 12.2 Å². The molecule has 0 saturated heterocycles. The van der Waals surface area contributed by atoms with E-state index in [1.165, 1.54) is 18.2 Å². The molecule has 2 rings (SSSR count). The summed E-state index contributed by atoms with van der Waals surface area (Å²) >= 11 is 5.93. The normalized spacial score (nSPS) is 9.95. The molecule has 0 spiro atoms. The summed E-state index contributed by atoms with van der Waals surface area (Å²) in [4.78, 5) is 22.5. The lowest BCUT2D eigenvalue weighted by Gasteiger charge is -2.09. The Labute approximate surface area is 126 Å². The van der Waals surface area contributed by atoms with E-state index in [9.17, 15) is 9.59 Å². The largest absolute Gasteiger partial charge is 0.478 e. The van der Waals surface area contributed by atoms with Crippen molar-refractivity contribution in [3.05, 3.63) is 64.7 Å². The average Bonchev–Trinajstić information content (AvgIpc) is 2.48. The Morgan fingerprint density at radius 3 is 2.43 bits per heavy atom. The van der Waals surface area contributed by atoms with Crippen LogP contribution in [0.4, 0.5) is 10.5 Å². The lowest BCUT2D eigenvalue weighted by molar-refractivity contribution is 0.0697. The molecule has 5 nitrogen and oxygen atoms in total. The van der Waals surface area contributed by atoms with Crippen LogP contribution in [0.25, 0.3) is 0 Å². The van der Waals surface area contributed by atoms with Crippen molar-refractivity contribution in [2.24, 2.45) is 0 Å². The minimum atomic E-state index is -1.07. The number of rotatable bonds is 4. The summed E-state index contributed by atoms with van der Waals surface area (Å²) in [7, 11) is 0. The molecule has 0 unspecified atom stereocenters. The van der Waals surface area contributed by atoms with Crippen LogP contribution in [0.1, 0.15) is 15.9 Å². The monoisotopic (exact) mass is 304 g/mol. The van der Waals surface area contributed by atoms with Crippen molar-refractivity contribution in [1.82, 2.24) is 5.32 Å². The molecule has 0 radical (unpaired) electrons. The standard InChI is InChI=1S/C15H13ClN2O3/c16-12-8-11(14(19)20)6-7-13(12)18-15(21)17-9-10-4-2-1-3-5-10/h1-8H,9H2,(H,19,20)(H2,17,18,21). The maximum absolute atomic E-state index is 11.8. The number of hydrogen-bond donors (Lipinski definition) is 3. The van der Waals surface area contributed by atoms with Crippen molar-refractivity contribution < 1.29 is 14.7 Å². The molecular weight excluding hydrogens is 292 g/mol. The van der Waals surface area contributed by atoms with E-state index in [-0.39, 0.29) is 10.6 Å². The van der Waals surface area contributed by atoms with Crippen molar-refractivity contribution in [2.45, 2.75) is 6.54 Å². The van der Waals surface area contributed by atoms with Crippen LogP contribution in [-0.2, 0) is 6.54 Å². The second kappa shape index (κ2) is 6.76. The Morgan fingerprint density at radius 1 is 1.10 bits per heavy atom. The molecule has 21 heavy (non-hydrogen) atoms. The topological polar surface area (TPSA) is 78.4 Å². The zero-order chi connectivity index (χ0) is 15.2. The predicted octanol–water partition coefficient (Wildman–Crippen LogP) is 3.36. The second-order valence-corrected chi connectivity index (χ2v) is 4.70. The van der Waals surface area contributed by atoms with Gasteiger partial charge in [0.05, 0.1) is 16.3 Å². The highest BCUT2D eigenvalue weighted by Crippen LogP contribution is 2.23. The molecule has 0 bridgehead atoms. The highest BCUT2D eigenvalue weighted by Gasteiger charge is 2.09. The van der Waals surface area contributed by atoms with Crippen molar-refractivity contribution in [1.29, 1.82) is 0 Å². The molecule has 0 aromatic heterocycles. The number of hydrogen-bond acceptors (Lipinski definition) is 2. The first-order chi connectivity index (χ1) is 10.1. The number of urea groups is 1. The van der Waals surface area contributed by atoms with Crippen LogP contribution in [0.3, 0.4) is 0 Å². The number of carbonyl (C=O) groups excluding carboxylic acids is 1. The number of nitrogens with one attached hydrogen (secondary N) is 2. The summed E-state index contributed by atoms with van der Waals surface area (Å²) in [6.07, 6.45) is 0. The van der Waals surface area contributed by atoms with Gasteiger partial charge in [-0.2, -0.15) is 0 Å². The molecule has 0 aliphatic rings. The van der Waals surface area contributed by atoms with Gasteiger partial charge < -0.3 is 15.7 Å².